The first-order valence-corrected chi connectivity index (χ1v) is 14.3. The monoisotopic (exact) mass is 615 g/mol. The van der Waals surface area contributed by atoms with Gasteiger partial charge in [0, 0.05) is 23.6 Å². The average molecular weight is 617 g/mol. The minimum atomic E-state index is -4.23. The van der Waals surface area contributed by atoms with Crippen LogP contribution in [-0.2, 0) is 26.2 Å². The number of rotatable bonds is 9. The van der Waals surface area contributed by atoms with Crippen LogP contribution in [-0.4, -0.2) is 44.8 Å². The van der Waals surface area contributed by atoms with Crippen molar-refractivity contribution >= 4 is 73.9 Å². The van der Waals surface area contributed by atoms with Crippen LogP contribution in [0.15, 0.2) is 65.6 Å². The molecule has 12 heteroatoms. The van der Waals surface area contributed by atoms with Crippen molar-refractivity contribution in [2.45, 2.75) is 31.3 Å². The number of nitrogens with one attached hydrogen (secondary N) is 1. The molecular weight excluding hydrogens is 592 g/mol. The molecule has 0 aliphatic rings. The predicted octanol–water partition coefficient (Wildman–Crippen LogP) is 5.97. The summed E-state index contributed by atoms with van der Waals surface area (Å²) >= 11 is 24.6. The topological polar surface area (TPSA) is 86.8 Å². The van der Waals surface area contributed by atoms with Gasteiger partial charge in [-0.15, -0.1) is 0 Å². The van der Waals surface area contributed by atoms with Gasteiger partial charge < -0.3 is 10.2 Å². The van der Waals surface area contributed by atoms with Crippen molar-refractivity contribution < 1.29 is 18.0 Å². The van der Waals surface area contributed by atoms with E-state index in [0.29, 0.717) is 15.6 Å². The highest BCUT2D eigenvalue weighted by Crippen LogP contribution is 2.31. The summed E-state index contributed by atoms with van der Waals surface area (Å²) in [7, 11) is -2.78. The van der Waals surface area contributed by atoms with Crippen LogP contribution in [0.25, 0.3) is 0 Å². The first-order chi connectivity index (χ1) is 17.8. The molecule has 0 saturated heterocycles. The van der Waals surface area contributed by atoms with E-state index in [4.69, 9.17) is 46.4 Å². The van der Waals surface area contributed by atoms with Gasteiger partial charge in [-0.05, 0) is 61.9 Å². The number of sulfonamides is 1. The van der Waals surface area contributed by atoms with Crippen LogP contribution in [0, 0.1) is 6.92 Å². The third-order valence-corrected chi connectivity index (χ3v) is 8.96. The lowest BCUT2D eigenvalue weighted by molar-refractivity contribution is -0.139. The Kier molecular flexibility index (Phi) is 9.95. The summed E-state index contributed by atoms with van der Waals surface area (Å²) in [6, 6.07) is 14.3. The first kappa shape index (κ1) is 30.1. The first-order valence-electron chi connectivity index (χ1n) is 11.3. The van der Waals surface area contributed by atoms with Gasteiger partial charge in [0.15, 0.2) is 0 Å². The highest BCUT2D eigenvalue weighted by Gasteiger charge is 2.32. The lowest BCUT2D eigenvalue weighted by Gasteiger charge is -2.32. The predicted molar refractivity (Wildman–Crippen MR) is 153 cm³/mol. The second-order valence-electron chi connectivity index (χ2n) is 8.47. The number of hydrogen-bond acceptors (Lipinski definition) is 4. The maximum absolute atomic E-state index is 13.8. The van der Waals surface area contributed by atoms with Gasteiger partial charge in [0.05, 0.1) is 20.6 Å². The molecule has 3 aromatic carbocycles. The van der Waals surface area contributed by atoms with E-state index in [2.05, 4.69) is 5.32 Å². The number of carbonyl (C=O) groups excluding carboxylic acids is 2. The van der Waals surface area contributed by atoms with E-state index in [9.17, 15) is 18.0 Å². The van der Waals surface area contributed by atoms with Crippen LogP contribution in [0.2, 0.25) is 20.1 Å². The summed E-state index contributed by atoms with van der Waals surface area (Å²) in [5.74, 6) is -1.08. The van der Waals surface area contributed by atoms with Crippen LogP contribution in [0.4, 0.5) is 5.69 Å². The van der Waals surface area contributed by atoms with E-state index in [1.165, 1.54) is 48.3 Å². The average Bonchev–Trinajstić information content (AvgIpc) is 2.87. The number of amides is 2. The molecule has 0 heterocycles. The van der Waals surface area contributed by atoms with Gasteiger partial charge in [-0.1, -0.05) is 70.2 Å². The third kappa shape index (κ3) is 6.93. The van der Waals surface area contributed by atoms with Crippen molar-refractivity contribution in [2.24, 2.45) is 0 Å². The smallest absolute Gasteiger partial charge is 0.264 e. The van der Waals surface area contributed by atoms with Gasteiger partial charge in [-0.3, -0.25) is 13.9 Å². The van der Waals surface area contributed by atoms with Gasteiger partial charge in [0.2, 0.25) is 11.8 Å². The zero-order chi connectivity index (χ0) is 28.2. The quantitative estimate of drug-likeness (QED) is 0.321. The van der Waals surface area contributed by atoms with Crippen molar-refractivity contribution in [1.29, 1.82) is 0 Å². The number of benzene rings is 3. The Balaban J connectivity index is 2.07. The number of likely N-dealkylation sites (N-methyl/N-ethyl adjacent to an activating group) is 1. The molecular formula is C26H25Cl4N3O4S. The maximum atomic E-state index is 13.8. The van der Waals surface area contributed by atoms with Crippen molar-refractivity contribution in [3.63, 3.8) is 0 Å². The fourth-order valence-electron chi connectivity index (χ4n) is 3.63. The SMILES string of the molecule is CNC(=O)[C@H](C)N(Cc1ccc(Cl)cc1Cl)C(=O)CN(c1ccc(Cl)c(Cl)c1)S(=O)(=O)c1ccc(C)cc1. The molecule has 0 unspecified atom stereocenters. The number of aryl methyl sites for hydroxylation is 1. The Morgan fingerprint density at radius 1 is 0.895 bits per heavy atom. The lowest BCUT2D eigenvalue weighted by atomic mass is 10.1. The third-order valence-electron chi connectivity index (χ3n) is 5.85. The summed E-state index contributed by atoms with van der Waals surface area (Å²) in [5, 5.41) is 3.56. The molecule has 7 nitrogen and oxygen atoms in total. The van der Waals surface area contributed by atoms with Gasteiger partial charge in [-0.2, -0.15) is 0 Å². The summed E-state index contributed by atoms with van der Waals surface area (Å²) in [4.78, 5) is 27.6. The van der Waals surface area contributed by atoms with Crippen LogP contribution in [0.5, 0.6) is 0 Å². The number of nitrogens with zero attached hydrogens (tertiary/aromatic N) is 2. The molecule has 0 aliphatic carbocycles. The summed E-state index contributed by atoms with van der Waals surface area (Å²) in [6.07, 6.45) is 0. The minimum absolute atomic E-state index is 0.0198. The van der Waals surface area contributed by atoms with Crippen molar-refractivity contribution in [2.75, 3.05) is 17.9 Å². The zero-order valence-electron chi connectivity index (χ0n) is 20.7. The highest BCUT2D eigenvalue weighted by molar-refractivity contribution is 7.92. The van der Waals surface area contributed by atoms with E-state index >= 15 is 0 Å². The van der Waals surface area contributed by atoms with Crippen LogP contribution >= 0.6 is 46.4 Å². The Labute approximate surface area is 242 Å². The standard InChI is InChI=1S/C26H25Cl4N3O4S/c1-16-4-9-21(10-5-16)38(36,37)33(20-8-11-22(28)24(30)13-20)15-25(34)32(17(2)26(35)31-3)14-18-6-7-19(27)12-23(18)29/h4-13,17H,14-15H2,1-3H3,(H,31,35)/t17-/m0/s1. The molecule has 3 rings (SSSR count). The second-order valence-corrected chi connectivity index (χ2v) is 12.0. The molecule has 38 heavy (non-hydrogen) atoms. The van der Waals surface area contributed by atoms with Crippen LogP contribution < -0.4 is 9.62 Å². The van der Waals surface area contributed by atoms with E-state index in [-0.39, 0.29) is 27.2 Å². The molecule has 1 N–H and O–H groups in total. The molecule has 202 valence electrons. The molecule has 0 fully saturated rings. The summed E-state index contributed by atoms with van der Waals surface area (Å²) in [6.45, 7) is 2.68. The molecule has 1 atom stereocenters. The lowest BCUT2D eigenvalue weighted by Crippen LogP contribution is -2.50. The Hall–Kier alpha value is -2.49. The molecule has 0 bridgehead atoms. The van der Waals surface area contributed by atoms with E-state index in [0.717, 1.165) is 9.87 Å². The fraction of sp³-hybridized carbons (Fsp3) is 0.231. The Morgan fingerprint density at radius 2 is 1.55 bits per heavy atom. The van der Waals surface area contributed by atoms with Gasteiger partial charge in [-0.25, -0.2) is 8.42 Å². The van der Waals surface area contributed by atoms with E-state index in [1.54, 1.807) is 31.2 Å². The second kappa shape index (κ2) is 12.6. The number of carbonyl (C=O) groups is 2. The highest BCUT2D eigenvalue weighted by atomic mass is 35.5. The Morgan fingerprint density at radius 3 is 2.13 bits per heavy atom. The largest absolute Gasteiger partial charge is 0.357 e. The van der Waals surface area contributed by atoms with Crippen LogP contribution in [0.1, 0.15) is 18.1 Å². The molecule has 0 aliphatic heterocycles. The minimum Gasteiger partial charge on any atom is -0.357 e. The van der Waals surface area contributed by atoms with Gasteiger partial charge in [0.1, 0.15) is 12.6 Å². The fourth-order valence-corrected chi connectivity index (χ4v) is 5.80. The number of anilines is 1. The van der Waals surface area contributed by atoms with Gasteiger partial charge in [0.25, 0.3) is 10.0 Å². The molecule has 0 radical (unpaired) electrons. The van der Waals surface area contributed by atoms with Gasteiger partial charge >= 0.3 is 0 Å². The maximum Gasteiger partial charge on any atom is 0.264 e. The number of hydrogen-bond donors (Lipinski definition) is 1. The molecule has 0 aromatic heterocycles. The molecule has 2 amide bonds. The van der Waals surface area contributed by atoms with E-state index < -0.39 is 34.4 Å². The van der Waals surface area contributed by atoms with Crippen molar-refractivity contribution in [3.05, 3.63) is 91.9 Å². The molecule has 0 saturated carbocycles. The molecule has 0 spiro atoms. The Bertz CT molecular complexity index is 1450. The molecule has 3 aromatic rings. The summed E-state index contributed by atoms with van der Waals surface area (Å²) < 4.78 is 28.5. The number of halogens is 4. The summed E-state index contributed by atoms with van der Waals surface area (Å²) in [5.41, 5.74) is 1.53. The van der Waals surface area contributed by atoms with Crippen LogP contribution in [0.3, 0.4) is 0 Å². The normalized spacial score (nSPS) is 12.1. The van der Waals surface area contributed by atoms with Crippen molar-refractivity contribution in [3.8, 4) is 0 Å². The van der Waals surface area contributed by atoms with Crippen molar-refractivity contribution in [1.82, 2.24) is 10.2 Å². The van der Waals surface area contributed by atoms with E-state index in [1.807, 2.05) is 6.92 Å². The zero-order valence-corrected chi connectivity index (χ0v) is 24.6.